The van der Waals surface area contributed by atoms with Crippen LogP contribution in [0.2, 0.25) is 0 Å². The van der Waals surface area contributed by atoms with Crippen LogP contribution in [0.1, 0.15) is 5.56 Å². The van der Waals surface area contributed by atoms with Crippen molar-refractivity contribution in [1.82, 2.24) is 14.9 Å². The number of H-pyrrole nitrogens is 1. The Balaban J connectivity index is 2.21. The molecule has 19 heavy (non-hydrogen) atoms. The van der Waals surface area contributed by atoms with Gasteiger partial charge in [-0.1, -0.05) is 0 Å². The summed E-state index contributed by atoms with van der Waals surface area (Å²) in [4.78, 5) is 25.1. The van der Waals surface area contributed by atoms with Gasteiger partial charge in [-0.25, -0.2) is 4.79 Å². The summed E-state index contributed by atoms with van der Waals surface area (Å²) in [5.41, 5.74) is 4.90. The molecule has 1 aromatic rings. The Morgan fingerprint density at radius 3 is 2.53 bits per heavy atom. The van der Waals surface area contributed by atoms with E-state index in [0.29, 0.717) is 5.56 Å². The SMILES string of the molecule is Cc1cn(C[C@@H]2N[C@@H](CN)[C@@H](O)[C@@H]2O)c(=O)[nH]c1=O. The minimum absolute atomic E-state index is 0.144. The molecule has 0 radical (unpaired) electrons. The first-order chi connectivity index (χ1) is 8.93. The molecule has 6 N–H and O–H groups in total. The Morgan fingerprint density at radius 2 is 1.95 bits per heavy atom. The number of aromatic amines is 1. The number of aliphatic hydroxyl groups is 2. The minimum Gasteiger partial charge on any atom is -0.389 e. The van der Waals surface area contributed by atoms with E-state index in [4.69, 9.17) is 5.73 Å². The van der Waals surface area contributed by atoms with Crippen molar-refractivity contribution in [1.29, 1.82) is 0 Å². The van der Waals surface area contributed by atoms with Crippen LogP contribution in [0.25, 0.3) is 0 Å². The molecule has 0 spiro atoms. The van der Waals surface area contributed by atoms with Crippen molar-refractivity contribution in [2.45, 2.75) is 37.8 Å². The molecule has 2 rings (SSSR count). The Labute approximate surface area is 108 Å². The first-order valence-corrected chi connectivity index (χ1v) is 6.06. The zero-order valence-corrected chi connectivity index (χ0v) is 10.5. The van der Waals surface area contributed by atoms with Gasteiger partial charge < -0.3 is 21.3 Å². The molecule has 0 saturated carbocycles. The van der Waals surface area contributed by atoms with Crippen LogP contribution >= 0.6 is 0 Å². The molecule has 0 aromatic carbocycles. The van der Waals surface area contributed by atoms with E-state index in [9.17, 15) is 19.8 Å². The van der Waals surface area contributed by atoms with Crippen LogP contribution in [-0.2, 0) is 6.54 Å². The lowest BCUT2D eigenvalue weighted by molar-refractivity contribution is 0.0268. The monoisotopic (exact) mass is 270 g/mol. The normalized spacial score (nSPS) is 30.7. The average molecular weight is 270 g/mol. The number of nitrogens with zero attached hydrogens (tertiary/aromatic N) is 1. The van der Waals surface area contributed by atoms with Crippen molar-refractivity contribution >= 4 is 0 Å². The first kappa shape index (κ1) is 13.9. The zero-order chi connectivity index (χ0) is 14.2. The van der Waals surface area contributed by atoms with Gasteiger partial charge in [0.05, 0.1) is 18.2 Å². The molecule has 1 aliphatic rings. The van der Waals surface area contributed by atoms with Gasteiger partial charge in [-0.2, -0.15) is 0 Å². The van der Waals surface area contributed by atoms with E-state index in [1.54, 1.807) is 6.92 Å². The number of nitrogens with one attached hydrogen (secondary N) is 2. The Hall–Kier alpha value is -1.48. The van der Waals surface area contributed by atoms with E-state index in [-0.39, 0.29) is 13.1 Å². The number of hydrogen-bond acceptors (Lipinski definition) is 6. The van der Waals surface area contributed by atoms with Gasteiger partial charge in [-0.05, 0) is 6.92 Å². The molecule has 1 fully saturated rings. The molecule has 8 nitrogen and oxygen atoms in total. The van der Waals surface area contributed by atoms with Crippen molar-refractivity contribution in [2.75, 3.05) is 6.54 Å². The number of aryl methyl sites for hydroxylation is 1. The lowest BCUT2D eigenvalue weighted by Gasteiger charge is -2.17. The quantitative estimate of drug-likeness (QED) is 0.394. The van der Waals surface area contributed by atoms with Crippen LogP contribution in [0.3, 0.4) is 0 Å². The van der Waals surface area contributed by atoms with E-state index >= 15 is 0 Å². The van der Waals surface area contributed by atoms with Crippen LogP contribution in [0.15, 0.2) is 15.8 Å². The smallest absolute Gasteiger partial charge is 0.328 e. The third-order valence-electron chi connectivity index (χ3n) is 3.44. The molecule has 1 aromatic heterocycles. The maximum absolute atomic E-state index is 11.6. The molecule has 4 atom stereocenters. The molecule has 0 bridgehead atoms. The van der Waals surface area contributed by atoms with Gasteiger partial charge >= 0.3 is 5.69 Å². The van der Waals surface area contributed by atoms with Crippen LogP contribution < -0.4 is 22.3 Å². The highest BCUT2D eigenvalue weighted by Gasteiger charge is 2.40. The predicted molar refractivity (Wildman–Crippen MR) is 67.8 cm³/mol. The summed E-state index contributed by atoms with van der Waals surface area (Å²) < 4.78 is 1.29. The van der Waals surface area contributed by atoms with E-state index in [1.807, 2.05) is 0 Å². The van der Waals surface area contributed by atoms with Crippen molar-refractivity contribution < 1.29 is 10.2 Å². The number of nitrogens with two attached hydrogens (primary N) is 1. The standard InChI is InChI=1S/C11H18N4O4/c1-5-3-15(11(19)14-10(5)18)4-7-9(17)8(16)6(2-12)13-7/h3,6-9,13,16-17H,2,4,12H2,1H3,(H,14,18,19)/t6-,7-,8+,9+/m0/s1. The predicted octanol–water partition coefficient (Wildman–Crippen LogP) is -3.13. The molecular weight excluding hydrogens is 252 g/mol. The molecule has 8 heteroatoms. The number of hydrogen-bond donors (Lipinski definition) is 5. The van der Waals surface area contributed by atoms with Crippen LogP contribution in [-0.4, -0.2) is 50.6 Å². The van der Waals surface area contributed by atoms with Crippen LogP contribution in [0.4, 0.5) is 0 Å². The lowest BCUT2D eigenvalue weighted by Crippen LogP contribution is -2.43. The van der Waals surface area contributed by atoms with E-state index in [1.165, 1.54) is 10.8 Å². The van der Waals surface area contributed by atoms with Gasteiger partial charge in [-0.15, -0.1) is 0 Å². The Bertz CT molecular complexity index is 567. The zero-order valence-electron chi connectivity index (χ0n) is 10.5. The van der Waals surface area contributed by atoms with E-state index in [0.717, 1.165) is 0 Å². The summed E-state index contributed by atoms with van der Waals surface area (Å²) in [5, 5.41) is 22.6. The number of rotatable bonds is 3. The van der Waals surface area contributed by atoms with Crippen molar-refractivity contribution in [3.63, 3.8) is 0 Å². The summed E-state index contributed by atoms with van der Waals surface area (Å²) in [7, 11) is 0. The molecule has 1 aliphatic heterocycles. The second-order valence-electron chi connectivity index (χ2n) is 4.82. The van der Waals surface area contributed by atoms with E-state index in [2.05, 4.69) is 10.3 Å². The number of aliphatic hydroxyl groups excluding tert-OH is 2. The highest BCUT2D eigenvalue weighted by molar-refractivity contribution is 5.03. The molecule has 0 aliphatic carbocycles. The van der Waals surface area contributed by atoms with Crippen LogP contribution in [0, 0.1) is 6.92 Å². The third kappa shape index (κ3) is 2.61. The van der Waals surface area contributed by atoms with E-state index < -0.39 is 35.5 Å². The van der Waals surface area contributed by atoms with Gasteiger partial charge in [0.2, 0.25) is 0 Å². The highest BCUT2D eigenvalue weighted by atomic mass is 16.3. The molecule has 1 saturated heterocycles. The number of aromatic nitrogens is 2. The van der Waals surface area contributed by atoms with Gasteiger partial charge in [-0.3, -0.25) is 14.3 Å². The van der Waals surface area contributed by atoms with Crippen LogP contribution in [0.5, 0.6) is 0 Å². The van der Waals surface area contributed by atoms with Crippen molar-refractivity contribution in [3.8, 4) is 0 Å². The fourth-order valence-corrected chi connectivity index (χ4v) is 2.28. The summed E-state index contributed by atoms with van der Waals surface area (Å²) in [6.45, 7) is 1.92. The average Bonchev–Trinajstić information content (AvgIpc) is 2.63. The summed E-state index contributed by atoms with van der Waals surface area (Å²) >= 11 is 0. The van der Waals surface area contributed by atoms with Crippen molar-refractivity contribution in [2.24, 2.45) is 5.73 Å². The fourth-order valence-electron chi connectivity index (χ4n) is 2.28. The summed E-state index contributed by atoms with van der Waals surface area (Å²) in [6, 6.07) is -0.897. The van der Waals surface area contributed by atoms with Gasteiger partial charge in [0.15, 0.2) is 0 Å². The fraction of sp³-hybridized carbons (Fsp3) is 0.636. The third-order valence-corrected chi connectivity index (χ3v) is 3.44. The Morgan fingerprint density at radius 1 is 1.32 bits per heavy atom. The Kier molecular flexibility index (Phi) is 3.85. The molecule has 0 amide bonds. The highest BCUT2D eigenvalue weighted by Crippen LogP contribution is 2.14. The van der Waals surface area contributed by atoms with Gasteiger partial charge in [0.1, 0.15) is 0 Å². The maximum atomic E-state index is 11.6. The lowest BCUT2D eigenvalue weighted by atomic mass is 10.1. The maximum Gasteiger partial charge on any atom is 0.328 e. The molecule has 106 valence electrons. The summed E-state index contributed by atoms with van der Waals surface area (Å²) in [6.07, 6.45) is -0.542. The largest absolute Gasteiger partial charge is 0.389 e. The van der Waals surface area contributed by atoms with Crippen molar-refractivity contribution in [3.05, 3.63) is 32.6 Å². The second kappa shape index (κ2) is 5.25. The minimum atomic E-state index is -1.01. The van der Waals surface area contributed by atoms with Gasteiger partial charge in [0.25, 0.3) is 5.56 Å². The second-order valence-corrected chi connectivity index (χ2v) is 4.82. The molecular formula is C11H18N4O4. The summed E-state index contributed by atoms with van der Waals surface area (Å²) in [5.74, 6) is 0. The van der Waals surface area contributed by atoms with Gasteiger partial charge in [0, 0.05) is 30.9 Å². The topological polar surface area (TPSA) is 133 Å². The molecule has 2 heterocycles. The first-order valence-electron chi connectivity index (χ1n) is 6.06. The molecule has 0 unspecified atom stereocenters.